The van der Waals surface area contributed by atoms with Gasteiger partial charge in [0.05, 0.1) is 16.7 Å². The number of anilines is 3. The first-order valence-corrected chi connectivity index (χ1v) is 21.3. The summed E-state index contributed by atoms with van der Waals surface area (Å²) in [6, 6.07) is 88.6. The smallest absolute Gasteiger partial charge is 0.0619 e. The number of nitrogens with zero attached hydrogens (tertiary/aromatic N) is 2. The predicted molar refractivity (Wildman–Crippen MR) is 264 cm³/mol. The molecular formula is C60H40N2. The van der Waals surface area contributed by atoms with Crippen molar-refractivity contribution >= 4 is 71.2 Å². The van der Waals surface area contributed by atoms with Crippen LogP contribution in [0.2, 0.25) is 0 Å². The molecule has 0 bridgehead atoms. The van der Waals surface area contributed by atoms with Gasteiger partial charge >= 0.3 is 0 Å². The molecule has 0 amide bonds. The second-order valence-corrected chi connectivity index (χ2v) is 16.1. The Hall–Kier alpha value is -8.20. The highest BCUT2D eigenvalue weighted by molar-refractivity contribution is 6.22. The van der Waals surface area contributed by atoms with Gasteiger partial charge in [0, 0.05) is 38.6 Å². The molecule has 0 aliphatic heterocycles. The number of para-hydroxylation sites is 1. The Labute approximate surface area is 360 Å². The molecule has 12 rings (SSSR count). The lowest BCUT2D eigenvalue weighted by atomic mass is 9.95. The number of hydrogen-bond donors (Lipinski definition) is 0. The summed E-state index contributed by atoms with van der Waals surface area (Å²) in [6.07, 6.45) is 0. The first-order valence-electron chi connectivity index (χ1n) is 21.3. The topological polar surface area (TPSA) is 8.17 Å². The van der Waals surface area contributed by atoms with Crippen LogP contribution < -0.4 is 4.90 Å². The largest absolute Gasteiger partial charge is 0.310 e. The van der Waals surface area contributed by atoms with E-state index in [1.54, 1.807) is 0 Å². The summed E-state index contributed by atoms with van der Waals surface area (Å²) in [5.74, 6) is 0. The Bertz CT molecular complexity index is 3570. The third-order valence-electron chi connectivity index (χ3n) is 12.5. The van der Waals surface area contributed by atoms with E-state index in [1.165, 1.54) is 81.9 Å². The summed E-state index contributed by atoms with van der Waals surface area (Å²) in [6.45, 7) is 0. The van der Waals surface area contributed by atoms with Crippen molar-refractivity contribution < 1.29 is 0 Å². The van der Waals surface area contributed by atoms with Crippen molar-refractivity contribution in [3.63, 3.8) is 0 Å². The monoisotopic (exact) mass is 788 g/mol. The summed E-state index contributed by atoms with van der Waals surface area (Å²) in [4.78, 5) is 2.48. The lowest BCUT2D eigenvalue weighted by molar-refractivity contribution is 1.19. The van der Waals surface area contributed by atoms with Crippen LogP contribution in [-0.4, -0.2) is 4.57 Å². The van der Waals surface area contributed by atoms with Crippen LogP contribution in [0.4, 0.5) is 17.1 Å². The summed E-state index contributed by atoms with van der Waals surface area (Å²) < 4.78 is 2.45. The lowest BCUT2D eigenvalue weighted by Crippen LogP contribution is -2.11. The number of aromatic nitrogens is 1. The average Bonchev–Trinajstić information content (AvgIpc) is 3.70. The summed E-state index contributed by atoms with van der Waals surface area (Å²) in [5, 5.41) is 9.84. The highest BCUT2D eigenvalue weighted by Crippen LogP contribution is 2.47. The van der Waals surface area contributed by atoms with Gasteiger partial charge in [0.15, 0.2) is 0 Å². The Kier molecular flexibility index (Phi) is 8.53. The molecule has 0 radical (unpaired) electrons. The zero-order valence-corrected chi connectivity index (χ0v) is 34.0. The molecule has 0 saturated heterocycles. The van der Waals surface area contributed by atoms with Crippen LogP contribution in [0.25, 0.3) is 93.2 Å². The molecule has 12 aromatic rings. The molecule has 0 spiro atoms. The van der Waals surface area contributed by atoms with Gasteiger partial charge in [-0.05, 0) is 110 Å². The predicted octanol–water partition coefficient (Wildman–Crippen LogP) is 16.7. The fraction of sp³-hybridized carbons (Fsp3) is 0. The molecule has 11 aromatic carbocycles. The van der Waals surface area contributed by atoms with Crippen molar-refractivity contribution in [1.29, 1.82) is 0 Å². The highest BCUT2D eigenvalue weighted by atomic mass is 15.1. The molecule has 0 aliphatic carbocycles. The van der Waals surface area contributed by atoms with E-state index in [9.17, 15) is 0 Å². The highest BCUT2D eigenvalue weighted by Gasteiger charge is 2.22. The molecule has 2 heteroatoms. The van der Waals surface area contributed by atoms with Crippen LogP contribution in [0, 0.1) is 0 Å². The zero-order valence-electron chi connectivity index (χ0n) is 34.0. The fourth-order valence-corrected chi connectivity index (χ4v) is 9.71. The van der Waals surface area contributed by atoms with Crippen LogP contribution in [0.1, 0.15) is 0 Å². The normalized spacial score (nSPS) is 11.5. The van der Waals surface area contributed by atoms with Gasteiger partial charge < -0.3 is 9.47 Å². The van der Waals surface area contributed by atoms with Gasteiger partial charge in [-0.1, -0.05) is 188 Å². The average molecular weight is 789 g/mol. The third kappa shape index (κ3) is 5.96. The first-order chi connectivity index (χ1) is 30.8. The van der Waals surface area contributed by atoms with Gasteiger partial charge in [-0.2, -0.15) is 0 Å². The number of fused-ring (bicyclic) bond motifs is 8. The van der Waals surface area contributed by atoms with E-state index in [2.05, 4.69) is 252 Å². The molecule has 0 saturated carbocycles. The van der Waals surface area contributed by atoms with Crippen molar-refractivity contribution in [1.82, 2.24) is 4.57 Å². The standard InChI is InChI=1S/C60H40N2/c1-4-18-41(19-5-1)46-36-47(42-20-6-2-7-21-42)39-50(38-46)61(58-40-45-23-11-12-28-51(45)54-30-14-15-31-55(54)58)49-27-16-24-44(37-49)52-32-17-33-57-59(52)56-35-34-43-22-10-13-29-53(43)60(56)62(57)48-25-8-3-9-26-48/h1-40H. The zero-order chi connectivity index (χ0) is 41.0. The van der Waals surface area contributed by atoms with Gasteiger partial charge in [-0.3, -0.25) is 0 Å². The van der Waals surface area contributed by atoms with Crippen LogP contribution in [0.3, 0.4) is 0 Å². The maximum atomic E-state index is 2.48. The molecular weight excluding hydrogens is 749 g/mol. The maximum absolute atomic E-state index is 2.48. The van der Waals surface area contributed by atoms with Gasteiger partial charge in [-0.15, -0.1) is 0 Å². The molecule has 1 heterocycles. The Morgan fingerprint density at radius 2 is 0.871 bits per heavy atom. The minimum atomic E-state index is 1.08. The molecule has 62 heavy (non-hydrogen) atoms. The van der Waals surface area contributed by atoms with Gasteiger partial charge in [0.2, 0.25) is 0 Å². The fourth-order valence-electron chi connectivity index (χ4n) is 9.71. The van der Waals surface area contributed by atoms with E-state index in [-0.39, 0.29) is 0 Å². The lowest BCUT2D eigenvalue weighted by Gasteiger charge is -2.29. The molecule has 0 fully saturated rings. The van der Waals surface area contributed by atoms with E-state index < -0.39 is 0 Å². The van der Waals surface area contributed by atoms with Crippen molar-refractivity contribution in [3.05, 3.63) is 243 Å². The maximum Gasteiger partial charge on any atom is 0.0619 e. The molecule has 0 atom stereocenters. The van der Waals surface area contributed by atoms with Crippen molar-refractivity contribution in [2.24, 2.45) is 0 Å². The van der Waals surface area contributed by atoms with Crippen molar-refractivity contribution in [2.45, 2.75) is 0 Å². The summed E-state index contributed by atoms with van der Waals surface area (Å²) >= 11 is 0. The van der Waals surface area contributed by atoms with Crippen LogP contribution in [0.15, 0.2) is 243 Å². The van der Waals surface area contributed by atoms with Crippen LogP contribution >= 0.6 is 0 Å². The summed E-state index contributed by atoms with van der Waals surface area (Å²) in [7, 11) is 0. The molecule has 1 aromatic heterocycles. The number of benzene rings is 11. The third-order valence-corrected chi connectivity index (χ3v) is 12.5. The first kappa shape index (κ1) is 35.7. The molecule has 0 unspecified atom stereocenters. The minimum Gasteiger partial charge on any atom is -0.310 e. The van der Waals surface area contributed by atoms with Crippen molar-refractivity contribution in [3.8, 4) is 39.1 Å². The Balaban J connectivity index is 1.15. The van der Waals surface area contributed by atoms with Gasteiger partial charge in [0.1, 0.15) is 0 Å². The Morgan fingerprint density at radius 1 is 0.306 bits per heavy atom. The summed E-state index contributed by atoms with van der Waals surface area (Å²) in [5.41, 5.74) is 13.9. The number of hydrogen-bond acceptors (Lipinski definition) is 1. The molecule has 290 valence electrons. The second kappa shape index (κ2) is 14.8. The molecule has 2 nitrogen and oxygen atoms in total. The number of rotatable bonds is 7. The second-order valence-electron chi connectivity index (χ2n) is 16.1. The van der Waals surface area contributed by atoms with E-state index >= 15 is 0 Å². The van der Waals surface area contributed by atoms with E-state index in [0.717, 1.165) is 28.3 Å². The SMILES string of the molecule is c1ccc(-c2cc(-c3ccccc3)cc(N(c3cccc(-c4cccc5c4c4ccc6ccccc6c4n5-c4ccccc4)c3)c3cc4ccccc4c4ccccc34)c2)cc1. The van der Waals surface area contributed by atoms with E-state index in [1.807, 2.05) is 0 Å². The molecule has 0 N–H and O–H groups in total. The minimum absolute atomic E-state index is 1.08. The molecule has 0 aliphatic rings. The van der Waals surface area contributed by atoms with Crippen molar-refractivity contribution in [2.75, 3.05) is 4.90 Å². The van der Waals surface area contributed by atoms with Gasteiger partial charge in [-0.25, -0.2) is 0 Å². The quantitative estimate of drug-likeness (QED) is 0.146. The van der Waals surface area contributed by atoms with Gasteiger partial charge in [0.25, 0.3) is 0 Å². The van der Waals surface area contributed by atoms with E-state index in [0.29, 0.717) is 0 Å². The van der Waals surface area contributed by atoms with Crippen LogP contribution in [0.5, 0.6) is 0 Å². The van der Waals surface area contributed by atoms with Crippen LogP contribution in [-0.2, 0) is 0 Å². The van der Waals surface area contributed by atoms with E-state index in [4.69, 9.17) is 0 Å². The Morgan fingerprint density at radius 3 is 1.60 bits per heavy atom.